The van der Waals surface area contributed by atoms with Gasteiger partial charge in [0.15, 0.2) is 0 Å². The van der Waals surface area contributed by atoms with Gasteiger partial charge in [0.1, 0.15) is 5.69 Å². The Bertz CT molecular complexity index is 1500. The number of anilines is 2. The predicted molar refractivity (Wildman–Crippen MR) is 154 cm³/mol. The number of nitrogens with zero attached hydrogens (tertiary/aromatic N) is 3. The molecule has 2 aliphatic heterocycles. The van der Waals surface area contributed by atoms with Crippen molar-refractivity contribution in [3.63, 3.8) is 0 Å². The summed E-state index contributed by atoms with van der Waals surface area (Å²) in [5, 5.41) is 7.86. The number of aromatic nitrogens is 1. The van der Waals surface area contributed by atoms with Crippen LogP contribution in [0.3, 0.4) is 0 Å². The number of alkyl halides is 3. The van der Waals surface area contributed by atoms with Crippen molar-refractivity contribution in [2.75, 3.05) is 36.4 Å². The molecule has 0 spiro atoms. The molecule has 9 heteroatoms. The molecule has 0 radical (unpaired) electrons. The lowest BCUT2D eigenvalue weighted by atomic mass is 9.97. The normalized spacial score (nSPS) is 17.0. The van der Waals surface area contributed by atoms with Gasteiger partial charge in [-0.05, 0) is 79.4 Å². The second kappa shape index (κ2) is 11.2. The molecule has 0 atom stereocenters. The lowest BCUT2D eigenvalue weighted by Crippen LogP contribution is -2.32. The van der Waals surface area contributed by atoms with Crippen molar-refractivity contribution in [3.8, 4) is 0 Å². The number of halogens is 3. The van der Waals surface area contributed by atoms with E-state index in [0.717, 1.165) is 75.5 Å². The van der Waals surface area contributed by atoms with E-state index in [1.54, 1.807) is 5.38 Å². The second-order valence-electron chi connectivity index (χ2n) is 10.7. The Hall–Kier alpha value is -3.43. The molecule has 0 unspecified atom stereocenters. The summed E-state index contributed by atoms with van der Waals surface area (Å²) in [5.74, 6) is -0.205. The van der Waals surface area contributed by atoms with Crippen LogP contribution in [0.15, 0.2) is 66.0 Å². The van der Waals surface area contributed by atoms with Gasteiger partial charge in [0.25, 0.3) is 5.91 Å². The molecule has 1 N–H and O–H groups in total. The van der Waals surface area contributed by atoms with Crippen LogP contribution in [-0.4, -0.2) is 42.0 Å². The number of likely N-dealkylation sites (tertiary alicyclic amines) is 1. The number of benzene rings is 3. The lowest BCUT2D eigenvalue weighted by Gasteiger charge is -2.31. The van der Waals surface area contributed by atoms with E-state index in [2.05, 4.69) is 57.7 Å². The van der Waals surface area contributed by atoms with Gasteiger partial charge in [0.05, 0.1) is 21.9 Å². The average molecular weight is 565 g/mol. The van der Waals surface area contributed by atoms with Gasteiger partial charge in [-0.25, -0.2) is 4.98 Å². The maximum atomic E-state index is 13.4. The molecule has 0 saturated carbocycles. The number of amides is 1. The topological polar surface area (TPSA) is 48.5 Å². The molecular formula is C31H31F3N4OS. The molecule has 208 valence electrons. The summed E-state index contributed by atoms with van der Waals surface area (Å²) in [6, 6.07) is 18.6. The number of hydrogen-bond acceptors (Lipinski definition) is 5. The molecule has 4 aromatic rings. The first-order chi connectivity index (χ1) is 19.3. The van der Waals surface area contributed by atoms with Crippen LogP contribution < -0.4 is 10.2 Å². The molecule has 0 aliphatic carbocycles. The standard InChI is InChI=1S/C31H31F3N4OS/c32-31(33,34)25-9-10-28(38-13-3-4-14-38)26(18-25)35-29(39)27-20-40-30(36-27)23-11-15-37(16-12-23)19-21-7-8-22-5-1-2-6-24(22)17-21/h1-2,5-10,17-18,20,23H,3-4,11-16,19H2,(H,35,39). The van der Waals surface area contributed by atoms with Gasteiger partial charge < -0.3 is 10.2 Å². The summed E-state index contributed by atoms with van der Waals surface area (Å²) in [5.41, 5.74) is 1.57. The van der Waals surface area contributed by atoms with Gasteiger partial charge >= 0.3 is 6.18 Å². The lowest BCUT2D eigenvalue weighted by molar-refractivity contribution is -0.137. The minimum absolute atomic E-state index is 0.179. The highest BCUT2D eigenvalue weighted by Gasteiger charge is 2.32. The Labute approximate surface area is 235 Å². The quantitative estimate of drug-likeness (QED) is 0.263. The molecule has 5 nitrogen and oxygen atoms in total. The van der Waals surface area contributed by atoms with Crippen LogP contribution in [0.1, 0.15) is 58.2 Å². The van der Waals surface area contributed by atoms with E-state index in [4.69, 9.17) is 0 Å². The highest BCUT2D eigenvalue weighted by molar-refractivity contribution is 7.10. The van der Waals surface area contributed by atoms with Gasteiger partial charge in [-0.15, -0.1) is 11.3 Å². The van der Waals surface area contributed by atoms with Gasteiger partial charge in [0.2, 0.25) is 0 Å². The van der Waals surface area contributed by atoms with E-state index in [9.17, 15) is 18.0 Å². The molecule has 3 heterocycles. The Morgan fingerprint density at radius 1 is 0.950 bits per heavy atom. The number of rotatable bonds is 6. The summed E-state index contributed by atoms with van der Waals surface area (Å²) >= 11 is 1.46. The summed E-state index contributed by atoms with van der Waals surface area (Å²) in [6.45, 7) is 4.31. The third-order valence-electron chi connectivity index (χ3n) is 7.93. The minimum atomic E-state index is -4.49. The number of thiazole rings is 1. The molecule has 0 bridgehead atoms. The summed E-state index contributed by atoms with van der Waals surface area (Å²) in [7, 11) is 0. The van der Waals surface area contributed by atoms with Crippen LogP contribution >= 0.6 is 11.3 Å². The Morgan fingerprint density at radius 3 is 2.45 bits per heavy atom. The highest BCUT2D eigenvalue weighted by Crippen LogP contribution is 2.37. The fourth-order valence-electron chi connectivity index (χ4n) is 5.75. The second-order valence-corrected chi connectivity index (χ2v) is 11.6. The summed E-state index contributed by atoms with van der Waals surface area (Å²) in [4.78, 5) is 22.2. The van der Waals surface area contributed by atoms with Crippen LogP contribution in [0.2, 0.25) is 0 Å². The highest BCUT2D eigenvalue weighted by atomic mass is 32.1. The monoisotopic (exact) mass is 564 g/mol. The molecule has 1 aromatic heterocycles. The number of piperidine rings is 1. The fourth-order valence-corrected chi connectivity index (χ4v) is 6.72. The van der Waals surface area contributed by atoms with E-state index in [1.807, 2.05) is 4.90 Å². The van der Waals surface area contributed by atoms with Crippen molar-refractivity contribution in [1.82, 2.24) is 9.88 Å². The zero-order valence-corrected chi connectivity index (χ0v) is 22.9. The molecule has 2 fully saturated rings. The van der Waals surface area contributed by atoms with Gasteiger partial charge in [0, 0.05) is 30.9 Å². The first-order valence-electron chi connectivity index (χ1n) is 13.8. The average Bonchev–Trinajstić information content (AvgIpc) is 3.66. The van der Waals surface area contributed by atoms with E-state index in [0.29, 0.717) is 5.69 Å². The third-order valence-corrected chi connectivity index (χ3v) is 8.94. The number of carbonyl (C=O) groups is 1. The van der Waals surface area contributed by atoms with Gasteiger partial charge in [-0.1, -0.05) is 36.4 Å². The van der Waals surface area contributed by atoms with Crippen molar-refractivity contribution >= 4 is 39.4 Å². The molecule has 40 heavy (non-hydrogen) atoms. The predicted octanol–water partition coefficient (Wildman–Crippen LogP) is 7.55. The smallest absolute Gasteiger partial charge is 0.370 e. The first-order valence-corrected chi connectivity index (χ1v) is 14.6. The number of nitrogens with one attached hydrogen (secondary N) is 1. The number of carbonyl (C=O) groups excluding carboxylic acids is 1. The molecular weight excluding hydrogens is 533 g/mol. The maximum Gasteiger partial charge on any atom is 0.416 e. The molecule has 6 rings (SSSR count). The van der Waals surface area contributed by atoms with E-state index in [1.165, 1.54) is 33.7 Å². The first kappa shape index (κ1) is 26.8. The Balaban J connectivity index is 1.10. The molecule has 2 aliphatic rings. The van der Waals surface area contributed by atoms with E-state index in [-0.39, 0.29) is 17.3 Å². The zero-order valence-electron chi connectivity index (χ0n) is 22.1. The van der Waals surface area contributed by atoms with Crippen molar-refractivity contribution in [1.29, 1.82) is 0 Å². The Kier molecular flexibility index (Phi) is 7.51. The summed E-state index contributed by atoms with van der Waals surface area (Å²) in [6.07, 6.45) is -0.625. The number of hydrogen-bond donors (Lipinski definition) is 1. The van der Waals surface area contributed by atoms with Crippen LogP contribution in [0.25, 0.3) is 10.8 Å². The molecule has 2 saturated heterocycles. The van der Waals surface area contributed by atoms with Crippen LogP contribution in [0.4, 0.5) is 24.5 Å². The van der Waals surface area contributed by atoms with E-state index < -0.39 is 17.6 Å². The maximum absolute atomic E-state index is 13.4. The summed E-state index contributed by atoms with van der Waals surface area (Å²) < 4.78 is 40.3. The van der Waals surface area contributed by atoms with Crippen molar-refractivity contribution in [2.24, 2.45) is 0 Å². The van der Waals surface area contributed by atoms with Crippen molar-refractivity contribution in [3.05, 3.63) is 87.9 Å². The largest absolute Gasteiger partial charge is 0.416 e. The Morgan fingerprint density at radius 2 is 1.70 bits per heavy atom. The fraction of sp³-hybridized carbons (Fsp3) is 0.355. The third kappa shape index (κ3) is 5.86. The van der Waals surface area contributed by atoms with Crippen LogP contribution in [0, 0.1) is 0 Å². The van der Waals surface area contributed by atoms with Crippen LogP contribution in [0.5, 0.6) is 0 Å². The van der Waals surface area contributed by atoms with E-state index >= 15 is 0 Å². The number of fused-ring (bicyclic) bond motifs is 1. The minimum Gasteiger partial charge on any atom is -0.370 e. The molecule has 1 amide bonds. The van der Waals surface area contributed by atoms with Crippen molar-refractivity contribution < 1.29 is 18.0 Å². The van der Waals surface area contributed by atoms with Gasteiger partial charge in [-0.2, -0.15) is 13.2 Å². The van der Waals surface area contributed by atoms with Gasteiger partial charge in [-0.3, -0.25) is 9.69 Å². The van der Waals surface area contributed by atoms with Crippen LogP contribution in [-0.2, 0) is 12.7 Å². The SMILES string of the molecule is O=C(Nc1cc(C(F)(F)F)ccc1N1CCCC1)c1csc(C2CCN(Cc3ccc4ccccc4c3)CC2)n1. The zero-order chi connectivity index (χ0) is 27.7. The molecule has 3 aromatic carbocycles. The van der Waals surface area contributed by atoms with Crippen molar-refractivity contribution in [2.45, 2.75) is 44.3 Å².